The quantitative estimate of drug-likeness (QED) is 0.607. The van der Waals surface area contributed by atoms with E-state index in [1.54, 1.807) is 0 Å². The first-order valence-corrected chi connectivity index (χ1v) is 5.82. The minimum atomic E-state index is 0.452. The number of hydrogen-bond acceptors (Lipinski definition) is 1. The molecule has 0 heterocycles. The van der Waals surface area contributed by atoms with Gasteiger partial charge in [-0.1, -0.05) is 26.8 Å². The first-order chi connectivity index (χ1) is 6.44. The summed E-state index contributed by atoms with van der Waals surface area (Å²) in [6.07, 6.45) is 6.13. The molecule has 0 saturated heterocycles. The van der Waals surface area contributed by atoms with Gasteiger partial charge in [0.2, 0.25) is 0 Å². The molecule has 14 heavy (non-hydrogen) atoms. The summed E-state index contributed by atoms with van der Waals surface area (Å²) in [6.45, 7) is 14.3. The van der Waals surface area contributed by atoms with Gasteiger partial charge in [0, 0.05) is 12.1 Å². The molecule has 82 valence electrons. The van der Waals surface area contributed by atoms with Crippen LogP contribution in [0.2, 0.25) is 0 Å². The third-order valence-corrected chi connectivity index (χ3v) is 3.00. The molecule has 0 N–H and O–H groups in total. The minimum Gasteiger partial charge on any atom is -0.294 e. The third-order valence-electron chi connectivity index (χ3n) is 3.00. The van der Waals surface area contributed by atoms with Crippen LogP contribution in [0.3, 0.4) is 0 Å². The van der Waals surface area contributed by atoms with Crippen molar-refractivity contribution in [1.29, 1.82) is 0 Å². The average molecular weight is 195 g/mol. The Morgan fingerprint density at radius 3 is 2.36 bits per heavy atom. The summed E-state index contributed by atoms with van der Waals surface area (Å²) in [6, 6.07) is 1.40. The summed E-state index contributed by atoms with van der Waals surface area (Å²) in [5.41, 5.74) is 0.452. The van der Waals surface area contributed by atoms with Crippen molar-refractivity contribution in [2.45, 2.75) is 59.0 Å². The largest absolute Gasteiger partial charge is 0.294 e. The Morgan fingerprint density at radius 2 is 2.00 bits per heavy atom. The van der Waals surface area contributed by atoms with Gasteiger partial charge in [-0.15, -0.1) is 6.58 Å². The SMILES string of the molecule is C=CC(C)N(CCC(C)(C)C)C1CC1. The van der Waals surface area contributed by atoms with Crippen molar-refractivity contribution in [3.05, 3.63) is 12.7 Å². The van der Waals surface area contributed by atoms with E-state index in [-0.39, 0.29) is 0 Å². The Bertz CT molecular complexity index is 186. The van der Waals surface area contributed by atoms with Gasteiger partial charge in [0.05, 0.1) is 0 Å². The average Bonchev–Trinajstić information content (AvgIpc) is 2.86. The molecule has 0 radical (unpaired) electrons. The summed E-state index contributed by atoms with van der Waals surface area (Å²) in [4.78, 5) is 2.61. The van der Waals surface area contributed by atoms with Crippen LogP contribution in [0, 0.1) is 5.41 Å². The van der Waals surface area contributed by atoms with Crippen molar-refractivity contribution in [3.8, 4) is 0 Å². The van der Waals surface area contributed by atoms with Crippen LogP contribution in [-0.4, -0.2) is 23.5 Å². The van der Waals surface area contributed by atoms with E-state index in [1.165, 1.54) is 25.8 Å². The van der Waals surface area contributed by atoms with Gasteiger partial charge in [-0.2, -0.15) is 0 Å². The van der Waals surface area contributed by atoms with E-state index in [2.05, 4.69) is 45.2 Å². The van der Waals surface area contributed by atoms with E-state index in [0.717, 1.165) is 6.04 Å². The van der Waals surface area contributed by atoms with Gasteiger partial charge in [-0.25, -0.2) is 0 Å². The van der Waals surface area contributed by atoms with Crippen LogP contribution in [0.25, 0.3) is 0 Å². The predicted octanol–water partition coefficient (Wildman–Crippen LogP) is 3.46. The zero-order valence-corrected chi connectivity index (χ0v) is 10.2. The monoisotopic (exact) mass is 195 g/mol. The highest BCUT2D eigenvalue weighted by atomic mass is 15.2. The van der Waals surface area contributed by atoms with Crippen molar-refractivity contribution in [1.82, 2.24) is 4.90 Å². The molecule has 1 unspecified atom stereocenters. The molecule has 0 amide bonds. The molecule has 0 aromatic heterocycles. The van der Waals surface area contributed by atoms with Gasteiger partial charge < -0.3 is 0 Å². The lowest BCUT2D eigenvalue weighted by molar-refractivity contribution is 0.195. The lowest BCUT2D eigenvalue weighted by atomic mass is 9.92. The van der Waals surface area contributed by atoms with Crippen LogP contribution in [0.4, 0.5) is 0 Å². The first kappa shape index (κ1) is 11.8. The van der Waals surface area contributed by atoms with E-state index in [1.807, 2.05) is 0 Å². The van der Waals surface area contributed by atoms with E-state index >= 15 is 0 Å². The van der Waals surface area contributed by atoms with Gasteiger partial charge in [0.25, 0.3) is 0 Å². The zero-order valence-electron chi connectivity index (χ0n) is 10.2. The number of rotatable bonds is 5. The summed E-state index contributed by atoms with van der Waals surface area (Å²) in [7, 11) is 0. The van der Waals surface area contributed by atoms with Gasteiger partial charge in [0.15, 0.2) is 0 Å². The predicted molar refractivity (Wildman–Crippen MR) is 63.5 cm³/mol. The molecule has 1 fully saturated rings. The van der Waals surface area contributed by atoms with Gasteiger partial charge in [0.1, 0.15) is 0 Å². The second-order valence-electron chi connectivity index (χ2n) is 5.76. The second-order valence-corrected chi connectivity index (χ2v) is 5.76. The summed E-state index contributed by atoms with van der Waals surface area (Å²) < 4.78 is 0. The van der Waals surface area contributed by atoms with Crippen molar-refractivity contribution in [2.24, 2.45) is 5.41 Å². The maximum Gasteiger partial charge on any atom is 0.0250 e. The summed E-state index contributed by atoms with van der Waals surface area (Å²) in [5.74, 6) is 0. The third kappa shape index (κ3) is 3.83. The van der Waals surface area contributed by atoms with Crippen molar-refractivity contribution < 1.29 is 0 Å². The molecule has 1 heteroatoms. The molecular weight excluding hydrogens is 170 g/mol. The van der Waals surface area contributed by atoms with E-state index < -0.39 is 0 Å². The van der Waals surface area contributed by atoms with Gasteiger partial charge in [-0.3, -0.25) is 4.90 Å². The van der Waals surface area contributed by atoms with E-state index in [4.69, 9.17) is 0 Å². The highest BCUT2D eigenvalue weighted by Crippen LogP contribution is 2.30. The van der Waals surface area contributed by atoms with Crippen molar-refractivity contribution >= 4 is 0 Å². The standard InChI is InChI=1S/C13H25N/c1-6-11(2)14(12-7-8-12)10-9-13(3,4)5/h6,11-12H,1,7-10H2,2-5H3. The molecule has 0 aromatic rings. The molecule has 0 aliphatic heterocycles. The molecule has 0 bridgehead atoms. The maximum absolute atomic E-state index is 3.89. The van der Waals surface area contributed by atoms with E-state index in [9.17, 15) is 0 Å². The van der Waals surface area contributed by atoms with E-state index in [0.29, 0.717) is 11.5 Å². The highest BCUT2D eigenvalue weighted by molar-refractivity contribution is 4.93. The van der Waals surface area contributed by atoms with Crippen LogP contribution in [0.15, 0.2) is 12.7 Å². The zero-order chi connectivity index (χ0) is 10.8. The lowest BCUT2D eigenvalue weighted by Gasteiger charge is -2.30. The number of nitrogens with zero attached hydrogens (tertiary/aromatic N) is 1. The van der Waals surface area contributed by atoms with Crippen LogP contribution in [0.5, 0.6) is 0 Å². The normalized spacial score (nSPS) is 19.8. The molecule has 1 aliphatic rings. The van der Waals surface area contributed by atoms with Gasteiger partial charge in [-0.05, 0) is 38.1 Å². The molecule has 1 saturated carbocycles. The maximum atomic E-state index is 3.89. The Balaban J connectivity index is 2.39. The van der Waals surface area contributed by atoms with Crippen molar-refractivity contribution in [2.75, 3.05) is 6.54 Å². The molecule has 0 spiro atoms. The Hall–Kier alpha value is -0.300. The second kappa shape index (κ2) is 4.48. The van der Waals surface area contributed by atoms with Crippen LogP contribution in [-0.2, 0) is 0 Å². The fraction of sp³-hybridized carbons (Fsp3) is 0.846. The molecular formula is C13H25N. The Kier molecular flexibility index (Phi) is 3.77. The molecule has 0 aromatic carbocycles. The number of hydrogen-bond donors (Lipinski definition) is 0. The highest BCUT2D eigenvalue weighted by Gasteiger charge is 2.31. The van der Waals surface area contributed by atoms with Crippen molar-refractivity contribution in [3.63, 3.8) is 0 Å². The van der Waals surface area contributed by atoms with Crippen LogP contribution >= 0.6 is 0 Å². The minimum absolute atomic E-state index is 0.452. The Labute approximate surface area is 89.2 Å². The Morgan fingerprint density at radius 1 is 1.43 bits per heavy atom. The topological polar surface area (TPSA) is 3.24 Å². The molecule has 1 aliphatic carbocycles. The van der Waals surface area contributed by atoms with Crippen LogP contribution in [0.1, 0.15) is 47.0 Å². The van der Waals surface area contributed by atoms with Crippen LogP contribution < -0.4 is 0 Å². The molecule has 1 nitrogen and oxygen atoms in total. The lowest BCUT2D eigenvalue weighted by Crippen LogP contribution is -2.36. The fourth-order valence-electron chi connectivity index (χ4n) is 1.72. The fourth-order valence-corrected chi connectivity index (χ4v) is 1.72. The molecule has 1 atom stereocenters. The smallest absolute Gasteiger partial charge is 0.0250 e. The summed E-state index contributed by atoms with van der Waals surface area (Å²) in [5, 5.41) is 0. The van der Waals surface area contributed by atoms with Gasteiger partial charge >= 0.3 is 0 Å². The first-order valence-electron chi connectivity index (χ1n) is 5.82. The summed E-state index contributed by atoms with van der Waals surface area (Å²) >= 11 is 0. The molecule has 1 rings (SSSR count).